The molecule has 39 heavy (non-hydrogen) atoms. The number of benzene rings is 2. The number of carbonyl (C=O) groups excluding carboxylic acids is 2. The number of nitrogens with zero attached hydrogens (tertiary/aromatic N) is 3. The van der Waals surface area contributed by atoms with Crippen molar-refractivity contribution >= 4 is 63.2 Å². The van der Waals surface area contributed by atoms with Gasteiger partial charge in [-0.25, -0.2) is 9.18 Å². The second-order valence-corrected chi connectivity index (χ2v) is 10.5. The monoisotopic (exact) mass is 606 g/mol. The average Bonchev–Trinajstić information content (AvgIpc) is 3.52. The fourth-order valence-corrected chi connectivity index (χ4v) is 5.54. The van der Waals surface area contributed by atoms with Crippen LogP contribution in [0.4, 0.5) is 9.39 Å². The van der Waals surface area contributed by atoms with E-state index in [1.54, 1.807) is 46.4 Å². The van der Waals surface area contributed by atoms with Gasteiger partial charge in [-0.05, 0) is 29.8 Å². The zero-order valence-electron chi connectivity index (χ0n) is 20.4. The standard InChI is InChI=1S/C26H21Cl2FN4O4S2/c1-3-10-33-21(12-37-20-11-16(27)6-9-19(20)28)31-32-26(33)39-14-22(34)30-24-23(25(35)36-2)18(13-38-24)15-4-7-17(29)8-5-15/h3-9,11,13H,1,10,12,14H2,2H3,(H,30,34). The highest BCUT2D eigenvalue weighted by Gasteiger charge is 2.23. The zero-order valence-corrected chi connectivity index (χ0v) is 23.6. The van der Waals surface area contributed by atoms with Crippen molar-refractivity contribution in [3.05, 3.63) is 87.7 Å². The second-order valence-electron chi connectivity index (χ2n) is 7.85. The molecule has 0 aliphatic carbocycles. The minimum absolute atomic E-state index is 0.0132. The summed E-state index contributed by atoms with van der Waals surface area (Å²) in [6.07, 6.45) is 1.68. The Bertz CT molecular complexity index is 1510. The highest BCUT2D eigenvalue weighted by Crippen LogP contribution is 2.36. The van der Waals surface area contributed by atoms with Crippen molar-refractivity contribution in [3.8, 4) is 16.9 Å². The lowest BCUT2D eigenvalue weighted by atomic mass is 10.0. The van der Waals surface area contributed by atoms with E-state index < -0.39 is 11.8 Å². The highest BCUT2D eigenvalue weighted by atomic mass is 35.5. The number of amides is 1. The van der Waals surface area contributed by atoms with Crippen molar-refractivity contribution in [2.24, 2.45) is 0 Å². The number of hydrogen-bond acceptors (Lipinski definition) is 8. The minimum Gasteiger partial charge on any atom is -0.484 e. The Kier molecular flexibility index (Phi) is 9.63. The summed E-state index contributed by atoms with van der Waals surface area (Å²) in [5.41, 5.74) is 1.35. The molecule has 0 aliphatic rings. The number of rotatable bonds is 11. The summed E-state index contributed by atoms with van der Waals surface area (Å²) in [5, 5.41) is 14.5. The van der Waals surface area contributed by atoms with Crippen LogP contribution in [0.5, 0.6) is 5.75 Å². The molecule has 0 radical (unpaired) electrons. The summed E-state index contributed by atoms with van der Waals surface area (Å²) in [6.45, 7) is 4.22. The average molecular weight is 608 g/mol. The van der Waals surface area contributed by atoms with Gasteiger partial charge in [-0.1, -0.05) is 53.2 Å². The molecule has 2 aromatic carbocycles. The van der Waals surface area contributed by atoms with Crippen LogP contribution in [0.1, 0.15) is 16.2 Å². The van der Waals surface area contributed by atoms with Gasteiger partial charge in [-0.3, -0.25) is 9.36 Å². The van der Waals surface area contributed by atoms with E-state index in [0.717, 1.165) is 11.8 Å². The molecule has 8 nitrogen and oxygen atoms in total. The Hall–Kier alpha value is -3.38. The molecule has 0 saturated carbocycles. The Morgan fingerprint density at radius 3 is 2.69 bits per heavy atom. The van der Waals surface area contributed by atoms with Crippen molar-refractivity contribution in [1.82, 2.24) is 14.8 Å². The van der Waals surface area contributed by atoms with E-state index in [9.17, 15) is 14.0 Å². The zero-order chi connectivity index (χ0) is 27.9. The van der Waals surface area contributed by atoms with E-state index in [1.807, 2.05) is 0 Å². The molecule has 4 rings (SSSR count). The van der Waals surface area contributed by atoms with E-state index in [2.05, 4.69) is 22.1 Å². The van der Waals surface area contributed by atoms with E-state index in [0.29, 0.717) is 49.4 Å². The van der Waals surface area contributed by atoms with Crippen molar-refractivity contribution in [1.29, 1.82) is 0 Å². The molecular weight excluding hydrogens is 586 g/mol. The molecule has 0 atom stereocenters. The van der Waals surface area contributed by atoms with Gasteiger partial charge in [0.1, 0.15) is 28.7 Å². The van der Waals surface area contributed by atoms with Gasteiger partial charge in [0.15, 0.2) is 11.0 Å². The number of ether oxygens (including phenoxy) is 2. The van der Waals surface area contributed by atoms with Crippen LogP contribution in [0.2, 0.25) is 10.0 Å². The van der Waals surface area contributed by atoms with Gasteiger partial charge in [-0.15, -0.1) is 28.1 Å². The topological polar surface area (TPSA) is 95.3 Å². The van der Waals surface area contributed by atoms with Gasteiger partial charge in [0, 0.05) is 28.6 Å². The van der Waals surface area contributed by atoms with Gasteiger partial charge in [0.2, 0.25) is 5.91 Å². The number of hydrogen-bond donors (Lipinski definition) is 1. The Balaban J connectivity index is 1.45. The predicted molar refractivity (Wildman–Crippen MR) is 151 cm³/mol. The molecule has 0 spiro atoms. The van der Waals surface area contributed by atoms with Crippen molar-refractivity contribution in [2.75, 3.05) is 18.2 Å². The molecular formula is C26H21Cl2FN4O4S2. The lowest BCUT2D eigenvalue weighted by Crippen LogP contribution is -2.16. The lowest BCUT2D eigenvalue weighted by Gasteiger charge is -2.10. The van der Waals surface area contributed by atoms with E-state index in [-0.39, 0.29) is 23.8 Å². The van der Waals surface area contributed by atoms with Crippen LogP contribution in [0.15, 0.2) is 65.7 Å². The number of thiophene rings is 1. The molecule has 2 heterocycles. The quantitative estimate of drug-likeness (QED) is 0.115. The van der Waals surface area contributed by atoms with Gasteiger partial charge in [-0.2, -0.15) is 0 Å². The van der Waals surface area contributed by atoms with Crippen LogP contribution in [0.3, 0.4) is 0 Å². The van der Waals surface area contributed by atoms with Crippen molar-refractivity contribution < 1.29 is 23.5 Å². The largest absolute Gasteiger partial charge is 0.484 e. The maximum absolute atomic E-state index is 13.4. The Morgan fingerprint density at radius 2 is 1.97 bits per heavy atom. The number of anilines is 1. The Morgan fingerprint density at radius 1 is 1.21 bits per heavy atom. The molecule has 0 aliphatic heterocycles. The number of thioether (sulfide) groups is 1. The van der Waals surface area contributed by atoms with Gasteiger partial charge < -0.3 is 14.8 Å². The van der Waals surface area contributed by atoms with Gasteiger partial charge >= 0.3 is 5.97 Å². The number of nitrogens with one attached hydrogen (secondary N) is 1. The molecule has 13 heteroatoms. The Labute approximate surface area is 241 Å². The maximum atomic E-state index is 13.4. The molecule has 1 amide bonds. The first kappa shape index (κ1) is 28.6. The third-order valence-corrected chi connectivity index (χ3v) is 7.69. The number of aromatic nitrogens is 3. The minimum atomic E-state index is -0.617. The molecule has 0 saturated heterocycles. The van der Waals surface area contributed by atoms with E-state index in [1.165, 1.54) is 30.6 Å². The maximum Gasteiger partial charge on any atom is 0.341 e. The van der Waals surface area contributed by atoms with Crippen molar-refractivity contribution in [3.63, 3.8) is 0 Å². The molecule has 2 aromatic heterocycles. The summed E-state index contributed by atoms with van der Waals surface area (Å²) >= 11 is 14.5. The molecule has 0 bridgehead atoms. The number of esters is 1. The third-order valence-electron chi connectivity index (χ3n) is 5.28. The summed E-state index contributed by atoms with van der Waals surface area (Å²) in [6, 6.07) is 10.6. The third kappa shape index (κ3) is 6.99. The van der Waals surface area contributed by atoms with E-state index >= 15 is 0 Å². The van der Waals surface area contributed by atoms with Gasteiger partial charge in [0.25, 0.3) is 0 Å². The van der Waals surface area contributed by atoms with Crippen LogP contribution < -0.4 is 10.1 Å². The first-order valence-corrected chi connectivity index (χ1v) is 13.9. The van der Waals surface area contributed by atoms with Crippen molar-refractivity contribution in [2.45, 2.75) is 18.3 Å². The number of halogens is 3. The molecule has 0 unspecified atom stereocenters. The molecule has 1 N–H and O–H groups in total. The number of methoxy groups -OCH3 is 1. The van der Waals surface area contributed by atoms with Crippen LogP contribution in [-0.2, 0) is 22.7 Å². The summed E-state index contributed by atoms with van der Waals surface area (Å²) < 4.78 is 25.8. The van der Waals surface area contributed by atoms with Crippen LogP contribution in [0, 0.1) is 5.82 Å². The predicted octanol–water partition coefficient (Wildman–Crippen LogP) is 6.73. The normalized spacial score (nSPS) is 10.8. The molecule has 0 fully saturated rings. The summed E-state index contributed by atoms with van der Waals surface area (Å²) in [7, 11) is 1.25. The second kappa shape index (κ2) is 13.1. The first-order chi connectivity index (χ1) is 18.8. The van der Waals surface area contributed by atoms with Crippen LogP contribution in [0.25, 0.3) is 11.1 Å². The fourth-order valence-electron chi connectivity index (χ4n) is 3.46. The highest BCUT2D eigenvalue weighted by molar-refractivity contribution is 7.99. The lowest BCUT2D eigenvalue weighted by molar-refractivity contribution is -0.113. The smallest absolute Gasteiger partial charge is 0.341 e. The first-order valence-electron chi connectivity index (χ1n) is 11.3. The van der Waals surface area contributed by atoms with Crippen LogP contribution in [-0.4, -0.2) is 39.5 Å². The summed E-state index contributed by atoms with van der Waals surface area (Å²) in [4.78, 5) is 25.4. The number of allylic oxidation sites excluding steroid dienone is 1. The SMILES string of the molecule is C=CCn1c(COc2cc(Cl)ccc2Cl)nnc1SCC(=O)Nc1scc(-c2ccc(F)cc2)c1C(=O)OC. The number of carbonyl (C=O) groups is 2. The van der Waals surface area contributed by atoms with Gasteiger partial charge in [0.05, 0.1) is 17.9 Å². The molecule has 4 aromatic rings. The fraction of sp³-hybridized carbons (Fsp3) is 0.154. The summed E-state index contributed by atoms with van der Waals surface area (Å²) in [5.74, 6) is -0.484. The molecule has 202 valence electrons. The van der Waals surface area contributed by atoms with Crippen LogP contribution >= 0.6 is 46.3 Å². The van der Waals surface area contributed by atoms with E-state index in [4.69, 9.17) is 32.7 Å².